The summed E-state index contributed by atoms with van der Waals surface area (Å²) in [5, 5.41) is 3.49. The van der Waals surface area contributed by atoms with Crippen LogP contribution in [-0.4, -0.2) is 67.6 Å². The minimum Gasteiger partial charge on any atom is -0.434 e. The molecule has 2 atom stereocenters. The van der Waals surface area contributed by atoms with Crippen molar-refractivity contribution in [2.45, 2.75) is 31.7 Å². The molecule has 2 aromatic heterocycles. The lowest BCUT2D eigenvalue weighted by Crippen LogP contribution is -2.49. The number of halogens is 6. The van der Waals surface area contributed by atoms with E-state index in [0.29, 0.717) is 34.3 Å². The molecule has 1 aliphatic heterocycles. The summed E-state index contributed by atoms with van der Waals surface area (Å²) in [6, 6.07) is 2.20. The number of nitrogens with zero attached hydrogens (tertiary/aromatic N) is 4. The van der Waals surface area contributed by atoms with Gasteiger partial charge in [-0.2, -0.15) is 13.2 Å². The van der Waals surface area contributed by atoms with Gasteiger partial charge in [-0.15, -0.1) is 11.3 Å². The first-order valence-corrected chi connectivity index (χ1v) is 13.8. The van der Waals surface area contributed by atoms with Crippen LogP contribution in [0.1, 0.15) is 11.4 Å². The summed E-state index contributed by atoms with van der Waals surface area (Å²) >= 11 is 1.14. The predicted molar refractivity (Wildman–Crippen MR) is 132 cm³/mol. The Morgan fingerprint density at radius 2 is 1.95 bits per heavy atom. The van der Waals surface area contributed by atoms with Crippen LogP contribution >= 0.6 is 11.3 Å². The van der Waals surface area contributed by atoms with Crippen molar-refractivity contribution in [1.29, 1.82) is 0 Å². The predicted octanol–water partition coefficient (Wildman–Crippen LogP) is 4.42. The van der Waals surface area contributed by atoms with Crippen molar-refractivity contribution in [3.05, 3.63) is 41.0 Å². The maximum absolute atomic E-state index is 14.7. The maximum atomic E-state index is 14.7. The standard InChI is InChI=1S/C22H22F6N6O3S2/c1-11-31-20(37-18-7-14(24)17(6-15(18)25)33-39(35,36)10-22(26,27)28)19(38-11)16-3-4-30-21(32-16)34(2)13-5-12(23)8-29-9-13/h3-4,6-7,12-13,29,33H,5,8-10H2,1-2H3/t12-,13-/m0/s1. The molecule has 2 N–H and O–H groups in total. The molecule has 3 aromatic rings. The molecule has 0 bridgehead atoms. The molecule has 39 heavy (non-hydrogen) atoms. The number of rotatable bonds is 8. The van der Waals surface area contributed by atoms with Crippen LogP contribution in [0.4, 0.5) is 38.0 Å². The van der Waals surface area contributed by atoms with Gasteiger partial charge in [0.15, 0.2) is 23.1 Å². The van der Waals surface area contributed by atoms with Gasteiger partial charge in [0.2, 0.25) is 21.9 Å². The van der Waals surface area contributed by atoms with Crippen molar-refractivity contribution in [3.8, 4) is 22.2 Å². The molecule has 1 aliphatic rings. The molecule has 0 radical (unpaired) electrons. The molecular weight excluding hydrogens is 574 g/mol. The highest BCUT2D eigenvalue weighted by molar-refractivity contribution is 7.92. The fraction of sp³-hybridized carbons (Fsp3) is 0.409. The third-order valence-corrected chi connectivity index (χ3v) is 7.78. The van der Waals surface area contributed by atoms with Crippen LogP contribution in [0, 0.1) is 18.6 Å². The Morgan fingerprint density at radius 1 is 1.21 bits per heavy atom. The van der Waals surface area contributed by atoms with E-state index in [1.54, 1.807) is 24.9 Å². The summed E-state index contributed by atoms with van der Waals surface area (Å²) in [5.41, 5.74) is -0.680. The van der Waals surface area contributed by atoms with Gasteiger partial charge in [-0.25, -0.2) is 36.5 Å². The molecule has 212 valence electrons. The van der Waals surface area contributed by atoms with Gasteiger partial charge in [-0.05, 0) is 13.0 Å². The van der Waals surface area contributed by atoms with Crippen molar-refractivity contribution in [3.63, 3.8) is 0 Å². The zero-order valence-electron chi connectivity index (χ0n) is 20.4. The Labute approximate surface area is 223 Å². The lowest BCUT2D eigenvalue weighted by atomic mass is 10.1. The monoisotopic (exact) mass is 596 g/mol. The molecule has 9 nitrogen and oxygen atoms in total. The number of ether oxygens (including phenoxy) is 1. The zero-order valence-corrected chi connectivity index (χ0v) is 22.0. The Hall–Kier alpha value is -3.18. The Balaban J connectivity index is 1.58. The summed E-state index contributed by atoms with van der Waals surface area (Å²) in [6.07, 6.45) is -4.34. The van der Waals surface area contributed by atoms with E-state index in [1.165, 1.54) is 10.9 Å². The number of piperidine rings is 1. The minimum absolute atomic E-state index is 0.142. The van der Waals surface area contributed by atoms with Crippen molar-refractivity contribution >= 4 is 33.0 Å². The molecule has 1 fully saturated rings. The second-order valence-electron chi connectivity index (χ2n) is 8.71. The third-order valence-electron chi connectivity index (χ3n) is 5.56. The second-order valence-corrected chi connectivity index (χ2v) is 11.6. The SMILES string of the molecule is Cc1nc(Oc2cc(F)c(NS(=O)(=O)CC(F)(F)F)cc2F)c(-c2ccnc(N(C)[C@@H]3CNC[C@@H](F)C3)n2)s1. The number of sulfonamides is 1. The molecule has 4 rings (SSSR count). The molecule has 0 spiro atoms. The number of alkyl halides is 4. The highest BCUT2D eigenvalue weighted by atomic mass is 32.2. The third kappa shape index (κ3) is 7.27. The minimum atomic E-state index is -5.08. The first-order valence-electron chi connectivity index (χ1n) is 11.3. The van der Waals surface area contributed by atoms with Crippen LogP contribution in [0.2, 0.25) is 0 Å². The number of benzene rings is 1. The van der Waals surface area contributed by atoms with Crippen LogP contribution in [0.25, 0.3) is 10.6 Å². The summed E-state index contributed by atoms with van der Waals surface area (Å²) < 4.78 is 111. The van der Waals surface area contributed by atoms with Gasteiger partial charge in [0.05, 0.1) is 16.4 Å². The van der Waals surface area contributed by atoms with E-state index >= 15 is 0 Å². The average Bonchev–Trinajstić information content (AvgIpc) is 3.20. The molecule has 0 aliphatic carbocycles. The van der Waals surface area contributed by atoms with E-state index in [1.807, 2.05) is 0 Å². The molecule has 1 saturated heterocycles. The summed E-state index contributed by atoms with van der Waals surface area (Å²) in [6.45, 7) is 2.44. The first-order chi connectivity index (χ1) is 18.2. The van der Waals surface area contributed by atoms with E-state index in [4.69, 9.17) is 4.74 Å². The fourth-order valence-electron chi connectivity index (χ4n) is 3.82. The summed E-state index contributed by atoms with van der Waals surface area (Å²) in [4.78, 5) is 15.0. The number of nitrogens with one attached hydrogen (secondary N) is 2. The van der Waals surface area contributed by atoms with Crippen molar-refractivity contribution in [2.75, 3.05) is 35.5 Å². The molecular formula is C22H22F6N6O3S2. The summed E-state index contributed by atoms with van der Waals surface area (Å²) in [7, 11) is -3.32. The number of anilines is 2. The number of hydrogen-bond acceptors (Lipinski definition) is 9. The van der Waals surface area contributed by atoms with E-state index in [2.05, 4.69) is 20.3 Å². The van der Waals surface area contributed by atoms with Gasteiger partial charge in [0.25, 0.3) is 0 Å². The van der Waals surface area contributed by atoms with Crippen molar-refractivity contribution in [2.24, 2.45) is 0 Å². The Kier molecular flexibility index (Phi) is 8.22. The summed E-state index contributed by atoms with van der Waals surface area (Å²) in [5.74, 6) is -5.45. The quantitative estimate of drug-likeness (QED) is 0.368. The van der Waals surface area contributed by atoms with Crippen LogP contribution in [-0.2, 0) is 10.0 Å². The van der Waals surface area contributed by atoms with Gasteiger partial charge < -0.3 is 15.0 Å². The van der Waals surface area contributed by atoms with Gasteiger partial charge in [-0.3, -0.25) is 4.72 Å². The molecule has 0 amide bonds. The number of likely N-dealkylation sites (N-methyl/N-ethyl adjacent to an activating group) is 1. The molecule has 17 heteroatoms. The van der Waals surface area contributed by atoms with Crippen LogP contribution in [0.5, 0.6) is 11.6 Å². The highest BCUT2D eigenvalue weighted by Crippen LogP contribution is 2.39. The van der Waals surface area contributed by atoms with E-state index in [9.17, 15) is 34.8 Å². The number of hydrogen-bond donors (Lipinski definition) is 2. The van der Waals surface area contributed by atoms with Crippen LogP contribution < -0.4 is 19.7 Å². The van der Waals surface area contributed by atoms with Gasteiger partial charge in [0.1, 0.15) is 11.0 Å². The number of aryl methyl sites for hydroxylation is 1. The van der Waals surface area contributed by atoms with E-state index < -0.39 is 51.2 Å². The van der Waals surface area contributed by atoms with Gasteiger partial charge in [-0.1, -0.05) is 0 Å². The molecule has 0 unspecified atom stereocenters. The van der Waals surface area contributed by atoms with Gasteiger partial charge in [0, 0.05) is 50.9 Å². The molecule has 1 aromatic carbocycles. The topological polar surface area (TPSA) is 109 Å². The lowest BCUT2D eigenvalue weighted by molar-refractivity contribution is -0.106. The lowest BCUT2D eigenvalue weighted by Gasteiger charge is -2.33. The van der Waals surface area contributed by atoms with Crippen molar-refractivity contribution in [1.82, 2.24) is 20.3 Å². The average molecular weight is 597 g/mol. The zero-order chi connectivity index (χ0) is 28.5. The van der Waals surface area contributed by atoms with Crippen molar-refractivity contribution < 1.29 is 39.5 Å². The largest absolute Gasteiger partial charge is 0.434 e. The maximum Gasteiger partial charge on any atom is 0.404 e. The normalized spacial score (nSPS) is 18.2. The Morgan fingerprint density at radius 3 is 2.64 bits per heavy atom. The van der Waals surface area contributed by atoms with Crippen LogP contribution in [0.15, 0.2) is 24.4 Å². The highest BCUT2D eigenvalue weighted by Gasteiger charge is 2.35. The molecule has 3 heterocycles. The smallest absolute Gasteiger partial charge is 0.404 e. The first kappa shape index (κ1) is 28.8. The molecule has 0 saturated carbocycles. The second kappa shape index (κ2) is 11.1. The Bertz CT molecular complexity index is 1450. The van der Waals surface area contributed by atoms with Gasteiger partial charge >= 0.3 is 6.18 Å². The van der Waals surface area contributed by atoms with Crippen LogP contribution in [0.3, 0.4) is 0 Å². The number of thiazole rings is 1. The fourth-order valence-corrected chi connectivity index (χ4v) is 5.63. The number of aromatic nitrogens is 3. The van der Waals surface area contributed by atoms with E-state index in [-0.39, 0.29) is 30.8 Å². The van der Waals surface area contributed by atoms with E-state index in [0.717, 1.165) is 11.3 Å².